The van der Waals surface area contributed by atoms with E-state index in [2.05, 4.69) is 0 Å². The Morgan fingerprint density at radius 3 is 2.14 bits per heavy atom. The first kappa shape index (κ1) is 24.8. The van der Waals surface area contributed by atoms with Gasteiger partial charge in [0.05, 0.1) is 24.3 Å². The molecule has 2 atom stereocenters. The van der Waals surface area contributed by atoms with Crippen molar-refractivity contribution in [3.8, 4) is 0 Å². The summed E-state index contributed by atoms with van der Waals surface area (Å²) in [5.41, 5.74) is 1.57. The van der Waals surface area contributed by atoms with Crippen molar-refractivity contribution >= 4 is 6.09 Å². The van der Waals surface area contributed by atoms with E-state index in [4.69, 9.17) is 4.74 Å². The monoisotopic (exact) mass is 484 g/mol. The molecule has 0 aromatic heterocycles. The summed E-state index contributed by atoms with van der Waals surface area (Å²) in [6.45, 7) is 1.01. The second-order valence-corrected chi connectivity index (χ2v) is 8.67. The molecular weight excluding hydrogens is 457 g/mol. The highest BCUT2D eigenvalue weighted by Crippen LogP contribution is 2.30. The van der Waals surface area contributed by atoms with Gasteiger partial charge in [0.15, 0.2) is 0 Å². The molecule has 1 fully saturated rings. The molecule has 1 aliphatic heterocycles. The molecule has 1 saturated heterocycles. The van der Waals surface area contributed by atoms with Crippen LogP contribution in [0, 0.1) is 0 Å². The third-order valence-electron chi connectivity index (χ3n) is 6.06. The molecule has 184 valence electrons. The van der Waals surface area contributed by atoms with Gasteiger partial charge >= 0.3 is 12.3 Å². The molecular formula is C27H27F3N2O3. The second kappa shape index (κ2) is 10.9. The number of ether oxygens (including phenoxy) is 1. The number of aliphatic hydroxyl groups excluding tert-OH is 1. The molecule has 3 aromatic carbocycles. The predicted molar refractivity (Wildman–Crippen MR) is 125 cm³/mol. The van der Waals surface area contributed by atoms with Gasteiger partial charge in [-0.05, 0) is 22.8 Å². The van der Waals surface area contributed by atoms with Crippen molar-refractivity contribution < 1.29 is 27.8 Å². The van der Waals surface area contributed by atoms with Crippen molar-refractivity contribution in [2.24, 2.45) is 0 Å². The van der Waals surface area contributed by atoms with E-state index in [1.807, 2.05) is 65.6 Å². The SMILES string of the molecule is O=C(OCc1ccccc1)N1C[C@@H](O)[C@H](N(Cc2ccccc2)Cc2cccc(C(F)(F)F)c2)C1. The average Bonchev–Trinajstić information content (AvgIpc) is 3.25. The van der Waals surface area contributed by atoms with Crippen molar-refractivity contribution in [2.75, 3.05) is 13.1 Å². The molecule has 8 heteroatoms. The number of rotatable bonds is 7. The van der Waals surface area contributed by atoms with Gasteiger partial charge in [-0.2, -0.15) is 13.2 Å². The normalized spacial score (nSPS) is 18.1. The quantitative estimate of drug-likeness (QED) is 0.508. The van der Waals surface area contributed by atoms with Gasteiger partial charge in [0, 0.05) is 19.6 Å². The summed E-state index contributed by atoms with van der Waals surface area (Å²) in [5.74, 6) is 0. The Balaban J connectivity index is 1.49. The van der Waals surface area contributed by atoms with Crippen LogP contribution in [0.2, 0.25) is 0 Å². The number of nitrogens with zero attached hydrogens (tertiary/aromatic N) is 2. The van der Waals surface area contributed by atoms with Gasteiger partial charge in [-0.25, -0.2) is 4.79 Å². The maximum Gasteiger partial charge on any atom is 0.416 e. The summed E-state index contributed by atoms with van der Waals surface area (Å²) in [7, 11) is 0. The maximum atomic E-state index is 13.2. The van der Waals surface area contributed by atoms with Crippen LogP contribution in [0.4, 0.5) is 18.0 Å². The Bertz CT molecular complexity index is 1110. The number of carbonyl (C=O) groups is 1. The van der Waals surface area contributed by atoms with Crippen molar-refractivity contribution in [1.82, 2.24) is 9.80 Å². The molecule has 0 radical (unpaired) electrons. The second-order valence-electron chi connectivity index (χ2n) is 8.67. The molecule has 1 aliphatic rings. The first-order chi connectivity index (χ1) is 16.8. The fourth-order valence-electron chi connectivity index (χ4n) is 4.28. The number of amides is 1. The Morgan fingerprint density at radius 2 is 1.49 bits per heavy atom. The number of alkyl halides is 3. The van der Waals surface area contributed by atoms with Gasteiger partial charge in [0.2, 0.25) is 0 Å². The van der Waals surface area contributed by atoms with Crippen LogP contribution in [0.3, 0.4) is 0 Å². The van der Waals surface area contributed by atoms with E-state index in [9.17, 15) is 23.1 Å². The first-order valence-electron chi connectivity index (χ1n) is 11.4. The largest absolute Gasteiger partial charge is 0.445 e. The minimum atomic E-state index is -4.44. The van der Waals surface area contributed by atoms with Crippen LogP contribution < -0.4 is 0 Å². The maximum absolute atomic E-state index is 13.2. The smallest absolute Gasteiger partial charge is 0.416 e. The Kier molecular flexibility index (Phi) is 7.73. The average molecular weight is 485 g/mol. The van der Waals surface area contributed by atoms with Crippen molar-refractivity contribution in [3.05, 3.63) is 107 Å². The van der Waals surface area contributed by atoms with Gasteiger partial charge < -0.3 is 14.7 Å². The highest BCUT2D eigenvalue weighted by atomic mass is 19.4. The molecule has 0 aliphatic carbocycles. The first-order valence-corrected chi connectivity index (χ1v) is 11.4. The number of aliphatic hydroxyl groups is 1. The van der Waals surface area contributed by atoms with Crippen LogP contribution in [0.1, 0.15) is 22.3 Å². The zero-order chi connectivity index (χ0) is 24.8. The van der Waals surface area contributed by atoms with Crippen molar-refractivity contribution in [2.45, 2.75) is 38.0 Å². The van der Waals surface area contributed by atoms with Crippen LogP contribution in [0.25, 0.3) is 0 Å². The molecule has 0 bridgehead atoms. The lowest BCUT2D eigenvalue weighted by Crippen LogP contribution is -2.42. The van der Waals surface area contributed by atoms with E-state index in [1.165, 1.54) is 11.0 Å². The Labute approximate surface area is 202 Å². The fraction of sp³-hybridized carbons (Fsp3) is 0.296. The minimum Gasteiger partial charge on any atom is -0.445 e. The van der Waals surface area contributed by atoms with Crippen molar-refractivity contribution in [3.63, 3.8) is 0 Å². The van der Waals surface area contributed by atoms with E-state index in [1.54, 1.807) is 6.07 Å². The molecule has 1 heterocycles. The third-order valence-corrected chi connectivity index (χ3v) is 6.06. The van der Waals surface area contributed by atoms with E-state index in [0.29, 0.717) is 12.1 Å². The molecule has 0 saturated carbocycles. The molecule has 5 nitrogen and oxygen atoms in total. The zero-order valence-electron chi connectivity index (χ0n) is 19.1. The summed E-state index contributed by atoms with van der Waals surface area (Å²) in [5, 5.41) is 10.8. The number of hydrogen-bond acceptors (Lipinski definition) is 4. The predicted octanol–water partition coefficient (Wildman–Crippen LogP) is 5.09. The summed E-state index contributed by atoms with van der Waals surface area (Å²) >= 11 is 0. The minimum absolute atomic E-state index is 0.0895. The lowest BCUT2D eigenvalue weighted by Gasteiger charge is -2.31. The van der Waals surface area contributed by atoms with Gasteiger partial charge in [-0.1, -0.05) is 78.9 Å². The van der Waals surface area contributed by atoms with Gasteiger partial charge in [0.1, 0.15) is 6.61 Å². The van der Waals surface area contributed by atoms with Crippen LogP contribution in [0.15, 0.2) is 84.9 Å². The van der Waals surface area contributed by atoms with Crippen LogP contribution in [-0.4, -0.2) is 46.2 Å². The van der Waals surface area contributed by atoms with E-state index in [-0.39, 0.29) is 26.2 Å². The molecule has 1 amide bonds. The van der Waals surface area contributed by atoms with Crippen LogP contribution in [-0.2, 0) is 30.6 Å². The Hall–Kier alpha value is -3.36. The standard InChI is InChI=1S/C27H27F3N2O3/c28-27(29,30)23-13-7-12-22(14-23)16-31(15-20-8-3-1-4-9-20)24-17-32(18-25(24)33)26(34)35-19-21-10-5-2-6-11-21/h1-14,24-25,33H,15-19H2/t24-,25-/m1/s1. The van der Waals surface area contributed by atoms with Crippen LogP contribution >= 0.6 is 0 Å². The van der Waals surface area contributed by atoms with Gasteiger partial charge in [-0.15, -0.1) is 0 Å². The van der Waals surface area contributed by atoms with Crippen molar-refractivity contribution in [1.29, 1.82) is 0 Å². The summed E-state index contributed by atoms with van der Waals surface area (Å²) in [6, 6.07) is 23.5. The topological polar surface area (TPSA) is 53.0 Å². The molecule has 4 rings (SSSR count). The molecule has 3 aromatic rings. The highest BCUT2D eigenvalue weighted by Gasteiger charge is 2.39. The van der Waals surface area contributed by atoms with E-state index in [0.717, 1.165) is 23.3 Å². The lowest BCUT2D eigenvalue weighted by molar-refractivity contribution is -0.137. The Morgan fingerprint density at radius 1 is 0.886 bits per heavy atom. The van der Waals surface area contributed by atoms with E-state index >= 15 is 0 Å². The molecule has 0 spiro atoms. The van der Waals surface area contributed by atoms with Crippen LogP contribution in [0.5, 0.6) is 0 Å². The number of hydrogen-bond donors (Lipinski definition) is 1. The number of benzene rings is 3. The van der Waals surface area contributed by atoms with Gasteiger partial charge in [-0.3, -0.25) is 4.90 Å². The molecule has 1 N–H and O–H groups in total. The zero-order valence-corrected chi connectivity index (χ0v) is 19.1. The molecule has 35 heavy (non-hydrogen) atoms. The fourth-order valence-corrected chi connectivity index (χ4v) is 4.28. The lowest BCUT2D eigenvalue weighted by atomic mass is 10.1. The third kappa shape index (κ3) is 6.61. The highest BCUT2D eigenvalue weighted by molar-refractivity contribution is 5.68. The van der Waals surface area contributed by atoms with Gasteiger partial charge in [0.25, 0.3) is 0 Å². The number of likely N-dealkylation sites (tertiary alicyclic amines) is 1. The molecule has 0 unspecified atom stereocenters. The number of carbonyl (C=O) groups excluding carboxylic acids is 1. The summed E-state index contributed by atoms with van der Waals surface area (Å²) < 4.78 is 45.1. The summed E-state index contributed by atoms with van der Waals surface area (Å²) in [6.07, 6.45) is -5.84. The van der Waals surface area contributed by atoms with E-state index < -0.39 is 30.0 Å². The number of halogens is 3. The summed E-state index contributed by atoms with van der Waals surface area (Å²) in [4.78, 5) is 16.0. The number of β-amino-alcohol motifs (C(OH)–C–C–N with tert-alkyl or cyclic N) is 1.